The molecule has 0 saturated carbocycles. The molecule has 0 spiro atoms. The number of piperazine rings is 1. The van der Waals surface area contributed by atoms with Gasteiger partial charge in [-0.05, 0) is 12.1 Å². The van der Waals surface area contributed by atoms with Gasteiger partial charge in [-0.25, -0.2) is 4.98 Å². The Morgan fingerprint density at radius 3 is 2.50 bits per heavy atom. The number of nitrogens with one attached hydrogen (secondary N) is 3. The number of nitrogens with zero attached hydrogens (tertiary/aromatic N) is 2. The maximum absolute atomic E-state index is 12.4. The highest BCUT2D eigenvalue weighted by Crippen LogP contribution is 2.27. The normalized spacial score (nSPS) is 15.8. The minimum atomic E-state index is -4.55. The first-order valence-electron chi connectivity index (χ1n) is 7.42. The van der Waals surface area contributed by atoms with Gasteiger partial charge in [-0.1, -0.05) is 0 Å². The van der Waals surface area contributed by atoms with Crippen LogP contribution in [0.4, 0.5) is 18.9 Å². The molecule has 1 fully saturated rings. The van der Waals surface area contributed by atoms with E-state index < -0.39 is 23.7 Å². The lowest BCUT2D eigenvalue weighted by molar-refractivity contribution is -0.141. The van der Waals surface area contributed by atoms with Gasteiger partial charge in [0.25, 0.3) is 0 Å². The lowest BCUT2D eigenvalue weighted by Crippen LogP contribution is -2.47. The molecule has 7 nitrogen and oxygen atoms in total. The van der Waals surface area contributed by atoms with E-state index in [-0.39, 0.29) is 5.69 Å². The lowest BCUT2D eigenvalue weighted by Gasteiger charge is -2.26. The van der Waals surface area contributed by atoms with Crippen molar-refractivity contribution in [3.05, 3.63) is 24.0 Å². The van der Waals surface area contributed by atoms with Crippen molar-refractivity contribution in [1.29, 1.82) is 0 Å². The third-order valence-corrected chi connectivity index (χ3v) is 3.44. The van der Waals surface area contributed by atoms with E-state index in [2.05, 4.69) is 25.8 Å². The fourth-order valence-corrected chi connectivity index (χ4v) is 2.17. The molecule has 1 aromatic heterocycles. The van der Waals surface area contributed by atoms with Crippen LogP contribution in [0, 0.1) is 0 Å². The predicted octanol–water partition coefficient (Wildman–Crippen LogP) is 0.0603. The summed E-state index contributed by atoms with van der Waals surface area (Å²) in [5, 5.41) is 7.88. The molecule has 0 unspecified atom stereocenters. The Morgan fingerprint density at radius 1 is 1.21 bits per heavy atom. The largest absolute Gasteiger partial charge is 0.433 e. The summed E-state index contributed by atoms with van der Waals surface area (Å²) < 4.78 is 37.1. The number of pyridine rings is 1. The number of aromatic nitrogens is 1. The molecular weight excluding hydrogens is 327 g/mol. The van der Waals surface area contributed by atoms with E-state index in [1.165, 1.54) is 0 Å². The standard InChI is InChI=1S/C14H18F3N5O2/c15-14(16,17)11-2-1-10(9-20-11)21-13(24)12(23)19-5-8-22-6-3-18-4-7-22/h1-2,9,18H,3-8H2,(H,19,23)(H,21,24). The molecule has 2 amide bonds. The zero-order valence-electron chi connectivity index (χ0n) is 12.8. The number of halogens is 3. The first-order valence-corrected chi connectivity index (χ1v) is 7.42. The van der Waals surface area contributed by atoms with Crippen LogP contribution >= 0.6 is 0 Å². The highest BCUT2D eigenvalue weighted by molar-refractivity contribution is 6.39. The van der Waals surface area contributed by atoms with Gasteiger partial charge in [0.15, 0.2) is 0 Å². The SMILES string of the molecule is O=C(NCCN1CCNCC1)C(=O)Nc1ccc(C(F)(F)F)nc1. The van der Waals surface area contributed by atoms with Crippen LogP contribution < -0.4 is 16.0 Å². The van der Waals surface area contributed by atoms with Gasteiger partial charge in [-0.3, -0.25) is 14.5 Å². The number of hydrogen-bond acceptors (Lipinski definition) is 5. The van der Waals surface area contributed by atoms with Gasteiger partial charge in [0.2, 0.25) is 0 Å². The first-order chi connectivity index (χ1) is 11.4. The van der Waals surface area contributed by atoms with E-state index in [4.69, 9.17) is 0 Å². The molecule has 2 rings (SSSR count). The molecule has 0 bridgehead atoms. The number of anilines is 1. The predicted molar refractivity (Wildman–Crippen MR) is 80.2 cm³/mol. The van der Waals surface area contributed by atoms with Crippen molar-refractivity contribution in [3.63, 3.8) is 0 Å². The van der Waals surface area contributed by atoms with Crippen molar-refractivity contribution in [3.8, 4) is 0 Å². The van der Waals surface area contributed by atoms with E-state index in [1.54, 1.807) is 0 Å². The number of alkyl halides is 3. The van der Waals surface area contributed by atoms with Gasteiger partial charge in [0.05, 0.1) is 11.9 Å². The van der Waals surface area contributed by atoms with Gasteiger partial charge in [0, 0.05) is 39.3 Å². The smallest absolute Gasteiger partial charge is 0.347 e. The van der Waals surface area contributed by atoms with E-state index >= 15 is 0 Å². The van der Waals surface area contributed by atoms with Gasteiger partial charge in [0.1, 0.15) is 5.69 Å². The van der Waals surface area contributed by atoms with Crippen molar-refractivity contribution < 1.29 is 22.8 Å². The Labute approximate surface area is 136 Å². The molecule has 132 valence electrons. The van der Waals surface area contributed by atoms with Crippen LogP contribution in [0.25, 0.3) is 0 Å². The van der Waals surface area contributed by atoms with Crippen LogP contribution in [-0.2, 0) is 15.8 Å². The number of carbonyl (C=O) groups is 2. The van der Waals surface area contributed by atoms with Crippen LogP contribution in [0.15, 0.2) is 18.3 Å². The average molecular weight is 345 g/mol. The van der Waals surface area contributed by atoms with E-state index in [0.717, 1.165) is 44.5 Å². The number of hydrogen-bond donors (Lipinski definition) is 3. The summed E-state index contributed by atoms with van der Waals surface area (Å²) in [4.78, 5) is 28.7. The second-order valence-electron chi connectivity index (χ2n) is 5.23. The summed E-state index contributed by atoms with van der Waals surface area (Å²) >= 11 is 0. The molecule has 0 radical (unpaired) electrons. The fraction of sp³-hybridized carbons (Fsp3) is 0.500. The Kier molecular flexibility index (Phi) is 6.10. The monoisotopic (exact) mass is 345 g/mol. The highest BCUT2D eigenvalue weighted by Gasteiger charge is 2.32. The third-order valence-electron chi connectivity index (χ3n) is 3.44. The number of carbonyl (C=O) groups excluding carboxylic acids is 2. The van der Waals surface area contributed by atoms with Crippen molar-refractivity contribution in [2.45, 2.75) is 6.18 Å². The van der Waals surface area contributed by atoms with Crippen molar-refractivity contribution in [2.75, 3.05) is 44.6 Å². The minimum absolute atomic E-state index is 0.0188. The number of amides is 2. The van der Waals surface area contributed by atoms with Crippen LogP contribution in [0.5, 0.6) is 0 Å². The van der Waals surface area contributed by atoms with Gasteiger partial charge < -0.3 is 16.0 Å². The second kappa shape index (κ2) is 8.06. The number of rotatable bonds is 4. The average Bonchev–Trinajstić information content (AvgIpc) is 2.55. The summed E-state index contributed by atoms with van der Waals surface area (Å²) in [6.07, 6.45) is -3.70. The molecule has 1 aromatic rings. The summed E-state index contributed by atoms with van der Waals surface area (Å²) in [7, 11) is 0. The molecule has 3 N–H and O–H groups in total. The van der Waals surface area contributed by atoms with Crippen LogP contribution in [-0.4, -0.2) is 61.0 Å². The zero-order valence-corrected chi connectivity index (χ0v) is 12.8. The summed E-state index contributed by atoms with van der Waals surface area (Å²) in [5.74, 6) is -1.79. The first kappa shape index (κ1) is 18.1. The molecule has 0 atom stereocenters. The Morgan fingerprint density at radius 2 is 1.92 bits per heavy atom. The van der Waals surface area contributed by atoms with Crippen LogP contribution in [0.3, 0.4) is 0 Å². The fourth-order valence-electron chi connectivity index (χ4n) is 2.17. The molecular formula is C14H18F3N5O2. The molecule has 10 heteroatoms. The van der Waals surface area contributed by atoms with Gasteiger partial charge in [-0.2, -0.15) is 13.2 Å². The molecule has 0 aliphatic carbocycles. The van der Waals surface area contributed by atoms with E-state index in [1.807, 2.05) is 0 Å². The topological polar surface area (TPSA) is 86.4 Å². The van der Waals surface area contributed by atoms with E-state index in [0.29, 0.717) is 13.1 Å². The Balaban J connectivity index is 1.75. The van der Waals surface area contributed by atoms with Crippen LogP contribution in [0.1, 0.15) is 5.69 Å². The summed E-state index contributed by atoms with van der Waals surface area (Å²) in [6, 6.07) is 1.78. The molecule has 1 aliphatic heterocycles. The molecule has 2 heterocycles. The highest BCUT2D eigenvalue weighted by atomic mass is 19.4. The molecule has 1 aliphatic rings. The van der Waals surface area contributed by atoms with Crippen molar-refractivity contribution in [2.24, 2.45) is 0 Å². The Bertz CT molecular complexity index is 571. The van der Waals surface area contributed by atoms with E-state index in [9.17, 15) is 22.8 Å². The zero-order chi connectivity index (χ0) is 17.6. The summed E-state index contributed by atoms with van der Waals surface area (Å²) in [6.45, 7) is 4.46. The molecule has 0 aromatic carbocycles. The third kappa shape index (κ3) is 5.46. The van der Waals surface area contributed by atoms with Crippen molar-refractivity contribution >= 4 is 17.5 Å². The second-order valence-corrected chi connectivity index (χ2v) is 5.23. The maximum atomic E-state index is 12.4. The lowest BCUT2D eigenvalue weighted by atomic mass is 10.3. The molecule has 1 saturated heterocycles. The molecule has 24 heavy (non-hydrogen) atoms. The van der Waals surface area contributed by atoms with Gasteiger partial charge >= 0.3 is 18.0 Å². The Hall–Kier alpha value is -2.20. The van der Waals surface area contributed by atoms with Crippen molar-refractivity contribution in [1.82, 2.24) is 20.5 Å². The van der Waals surface area contributed by atoms with Crippen LogP contribution in [0.2, 0.25) is 0 Å². The quantitative estimate of drug-likeness (QED) is 0.672. The minimum Gasteiger partial charge on any atom is -0.347 e. The maximum Gasteiger partial charge on any atom is 0.433 e. The van der Waals surface area contributed by atoms with Gasteiger partial charge in [-0.15, -0.1) is 0 Å². The summed E-state index contributed by atoms with van der Waals surface area (Å²) in [5.41, 5.74) is -1.05.